The molecule has 11 heavy (non-hydrogen) atoms. The Morgan fingerprint density at radius 1 is 1.73 bits per heavy atom. The van der Waals surface area contributed by atoms with Crippen LogP contribution in [0, 0.1) is 5.41 Å². The summed E-state index contributed by atoms with van der Waals surface area (Å²) in [6.07, 6.45) is 1.31. The molecule has 0 aromatic rings. The first-order chi connectivity index (χ1) is 5.02. The van der Waals surface area contributed by atoms with Gasteiger partial charge in [0.15, 0.2) is 0 Å². The molecule has 1 saturated heterocycles. The lowest BCUT2D eigenvalue weighted by molar-refractivity contribution is -0.139. The molecule has 0 bridgehead atoms. The number of hydrogen-bond acceptors (Lipinski definition) is 2. The van der Waals surface area contributed by atoms with Gasteiger partial charge in [-0.05, 0) is 25.4 Å². The highest BCUT2D eigenvalue weighted by molar-refractivity contribution is 5.67. The third-order valence-corrected chi connectivity index (χ3v) is 2.33. The van der Waals surface area contributed by atoms with Gasteiger partial charge in [0, 0.05) is 6.54 Å². The van der Waals surface area contributed by atoms with E-state index >= 15 is 0 Å². The van der Waals surface area contributed by atoms with E-state index in [9.17, 15) is 4.79 Å². The summed E-state index contributed by atoms with van der Waals surface area (Å²) < 4.78 is 0. The summed E-state index contributed by atoms with van der Waals surface area (Å²) in [7, 11) is 2.03. The molecule has 1 fully saturated rings. The van der Waals surface area contributed by atoms with Crippen molar-refractivity contribution in [3.05, 3.63) is 0 Å². The molecule has 0 spiro atoms. The molecular formula is C8H15NO2. The number of nitrogens with zero attached hydrogens (tertiary/aromatic N) is 1. The molecule has 1 aliphatic rings. The van der Waals surface area contributed by atoms with Crippen molar-refractivity contribution in [3.8, 4) is 0 Å². The first kappa shape index (κ1) is 8.53. The van der Waals surface area contributed by atoms with Gasteiger partial charge in [0.2, 0.25) is 0 Å². The highest BCUT2D eigenvalue weighted by Crippen LogP contribution is 2.32. The number of carboxylic acid groups (broad SMARTS) is 1. The van der Waals surface area contributed by atoms with Crippen LogP contribution in [0.5, 0.6) is 0 Å². The Morgan fingerprint density at radius 3 is 2.73 bits per heavy atom. The molecule has 1 unspecified atom stereocenters. The van der Waals surface area contributed by atoms with Crippen molar-refractivity contribution in [2.24, 2.45) is 5.41 Å². The predicted molar refractivity (Wildman–Crippen MR) is 42.5 cm³/mol. The van der Waals surface area contributed by atoms with Crippen molar-refractivity contribution in [1.82, 2.24) is 4.90 Å². The zero-order chi connectivity index (χ0) is 8.48. The Bertz CT molecular complexity index is 169. The standard InChI is InChI=1S/C8H15NO2/c1-8(5-7(10)11)3-4-9(2)6-8/h3-6H2,1-2H3,(H,10,11). The van der Waals surface area contributed by atoms with Crippen molar-refractivity contribution in [3.63, 3.8) is 0 Å². The molecule has 3 nitrogen and oxygen atoms in total. The van der Waals surface area contributed by atoms with Gasteiger partial charge < -0.3 is 10.0 Å². The van der Waals surface area contributed by atoms with Gasteiger partial charge in [0.05, 0.1) is 6.42 Å². The Kier molecular flexibility index (Phi) is 2.18. The van der Waals surface area contributed by atoms with Crippen LogP contribution in [-0.2, 0) is 4.79 Å². The van der Waals surface area contributed by atoms with E-state index in [4.69, 9.17) is 5.11 Å². The molecule has 1 N–H and O–H groups in total. The van der Waals surface area contributed by atoms with E-state index in [-0.39, 0.29) is 5.41 Å². The molecule has 3 heteroatoms. The van der Waals surface area contributed by atoms with Crippen LogP contribution in [0.4, 0.5) is 0 Å². The number of carboxylic acids is 1. The van der Waals surface area contributed by atoms with Gasteiger partial charge >= 0.3 is 5.97 Å². The highest BCUT2D eigenvalue weighted by Gasteiger charge is 2.33. The van der Waals surface area contributed by atoms with E-state index < -0.39 is 5.97 Å². The predicted octanol–water partition coefficient (Wildman–Crippen LogP) is 0.803. The van der Waals surface area contributed by atoms with Gasteiger partial charge in [0.1, 0.15) is 0 Å². The Balaban J connectivity index is 2.48. The van der Waals surface area contributed by atoms with Gasteiger partial charge in [-0.2, -0.15) is 0 Å². The van der Waals surface area contributed by atoms with Crippen molar-refractivity contribution in [1.29, 1.82) is 0 Å². The van der Waals surface area contributed by atoms with Crippen LogP contribution in [0.2, 0.25) is 0 Å². The first-order valence-corrected chi connectivity index (χ1v) is 3.92. The maximum absolute atomic E-state index is 10.4. The van der Waals surface area contributed by atoms with Crippen molar-refractivity contribution >= 4 is 5.97 Å². The van der Waals surface area contributed by atoms with Crippen LogP contribution in [0.15, 0.2) is 0 Å². The maximum atomic E-state index is 10.4. The quantitative estimate of drug-likeness (QED) is 0.644. The van der Waals surface area contributed by atoms with Gasteiger partial charge in [-0.15, -0.1) is 0 Å². The van der Waals surface area contributed by atoms with Gasteiger partial charge in [-0.1, -0.05) is 6.92 Å². The molecule has 0 aromatic carbocycles. The Hall–Kier alpha value is -0.570. The number of likely N-dealkylation sites (tertiary alicyclic amines) is 1. The lowest BCUT2D eigenvalue weighted by Gasteiger charge is -2.20. The van der Waals surface area contributed by atoms with E-state index in [1.807, 2.05) is 14.0 Å². The highest BCUT2D eigenvalue weighted by atomic mass is 16.4. The van der Waals surface area contributed by atoms with Crippen LogP contribution in [0.1, 0.15) is 19.8 Å². The van der Waals surface area contributed by atoms with E-state index in [2.05, 4.69) is 4.90 Å². The van der Waals surface area contributed by atoms with Gasteiger partial charge in [0.25, 0.3) is 0 Å². The molecule has 0 saturated carbocycles. The van der Waals surface area contributed by atoms with Crippen molar-refractivity contribution in [2.45, 2.75) is 19.8 Å². The fourth-order valence-corrected chi connectivity index (χ4v) is 1.78. The zero-order valence-electron chi connectivity index (χ0n) is 7.13. The number of rotatable bonds is 2. The second-order valence-electron chi connectivity index (χ2n) is 3.87. The average Bonchev–Trinajstić information content (AvgIpc) is 2.08. The molecule has 0 aliphatic carbocycles. The Labute approximate surface area is 67.0 Å². The molecule has 1 heterocycles. The van der Waals surface area contributed by atoms with Crippen LogP contribution in [-0.4, -0.2) is 36.1 Å². The monoisotopic (exact) mass is 157 g/mol. The van der Waals surface area contributed by atoms with Crippen molar-refractivity contribution in [2.75, 3.05) is 20.1 Å². The summed E-state index contributed by atoms with van der Waals surface area (Å²) in [5.74, 6) is -0.678. The minimum Gasteiger partial charge on any atom is -0.481 e. The summed E-state index contributed by atoms with van der Waals surface area (Å²) in [6, 6.07) is 0. The summed E-state index contributed by atoms with van der Waals surface area (Å²) in [5.41, 5.74) is 0.0145. The largest absolute Gasteiger partial charge is 0.481 e. The van der Waals surface area contributed by atoms with Gasteiger partial charge in [-0.25, -0.2) is 0 Å². The third-order valence-electron chi connectivity index (χ3n) is 2.33. The van der Waals surface area contributed by atoms with E-state index in [0.29, 0.717) is 6.42 Å². The molecule has 1 atom stereocenters. The van der Waals surface area contributed by atoms with Crippen LogP contribution >= 0.6 is 0 Å². The van der Waals surface area contributed by atoms with E-state index in [1.54, 1.807) is 0 Å². The minimum absolute atomic E-state index is 0.0145. The Morgan fingerprint density at radius 2 is 2.36 bits per heavy atom. The summed E-state index contributed by atoms with van der Waals surface area (Å²) >= 11 is 0. The first-order valence-electron chi connectivity index (χ1n) is 3.92. The third kappa shape index (κ3) is 2.19. The second kappa shape index (κ2) is 2.81. The van der Waals surface area contributed by atoms with E-state index in [1.165, 1.54) is 0 Å². The normalized spacial score (nSPS) is 32.5. The summed E-state index contributed by atoms with van der Waals surface area (Å²) in [4.78, 5) is 12.6. The molecule has 1 aliphatic heterocycles. The molecule has 0 aromatic heterocycles. The summed E-state index contributed by atoms with van der Waals surface area (Å²) in [5, 5.41) is 8.61. The maximum Gasteiger partial charge on any atom is 0.303 e. The van der Waals surface area contributed by atoms with Gasteiger partial charge in [-0.3, -0.25) is 4.79 Å². The lowest BCUT2D eigenvalue weighted by atomic mass is 9.86. The average molecular weight is 157 g/mol. The smallest absolute Gasteiger partial charge is 0.303 e. The topological polar surface area (TPSA) is 40.5 Å². The SMILES string of the molecule is CN1CCC(C)(CC(=O)O)C1. The number of aliphatic carboxylic acids is 1. The summed E-state index contributed by atoms with van der Waals surface area (Å²) in [6.45, 7) is 3.99. The second-order valence-corrected chi connectivity index (χ2v) is 3.87. The molecule has 1 rings (SSSR count). The molecular weight excluding hydrogens is 142 g/mol. The fourth-order valence-electron chi connectivity index (χ4n) is 1.78. The fraction of sp³-hybridized carbons (Fsp3) is 0.875. The molecule has 64 valence electrons. The zero-order valence-corrected chi connectivity index (χ0v) is 7.13. The molecule has 0 radical (unpaired) electrons. The number of carbonyl (C=O) groups is 1. The minimum atomic E-state index is -0.678. The number of hydrogen-bond donors (Lipinski definition) is 1. The molecule has 0 amide bonds. The van der Waals surface area contributed by atoms with Crippen LogP contribution in [0.3, 0.4) is 0 Å². The van der Waals surface area contributed by atoms with Crippen LogP contribution in [0.25, 0.3) is 0 Å². The lowest BCUT2D eigenvalue weighted by Crippen LogP contribution is -2.24. The van der Waals surface area contributed by atoms with E-state index in [0.717, 1.165) is 19.5 Å². The van der Waals surface area contributed by atoms with Crippen molar-refractivity contribution < 1.29 is 9.90 Å². The van der Waals surface area contributed by atoms with Crippen LogP contribution < -0.4 is 0 Å².